The van der Waals surface area contributed by atoms with Crippen LogP contribution in [0.25, 0.3) is 6.08 Å². The lowest BCUT2D eigenvalue weighted by Gasteiger charge is -2.12. The van der Waals surface area contributed by atoms with Crippen molar-refractivity contribution in [2.24, 2.45) is 0 Å². The van der Waals surface area contributed by atoms with E-state index in [4.69, 9.17) is 12.2 Å². The topological polar surface area (TPSA) is 46.6 Å². The highest BCUT2D eigenvalue weighted by Crippen LogP contribution is 2.33. The molecule has 7 heteroatoms. The Morgan fingerprint density at radius 2 is 2.37 bits per heavy atom. The standard InChI is InChI=1S/C12H11NO3S3/c1-16-10(14)4-5-13-11(15)9(19-12(13)17)7-8-3-2-6-18-8/h2-3,6-7H,4-5H2,1H3/b9-7+. The van der Waals surface area contributed by atoms with E-state index in [1.165, 1.54) is 23.8 Å². The van der Waals surface area contributed by atoms with E-state index in [2.05, 4.69) is 4.74 Å². The Morgan fingerprint density at radius 1 is 1.58 bits per heavy atom. The highest BCUT2D eigenvalue weighted by atomic mass is 32.2. The number of rotatable bonds is 4. The van der Waals surface area contributed by atoms with E-state index < -0.39 is 0 Å². The second-order valence-electron chi connectivity index (χ2n) is 3.67. The Kier molecular flexibility index (Phi) is 4.73. The van der Waals surface area contributed by atoms with Crippen LogP contribution in [0, 0.1) is 0 Å². The van der Waals surface area contributed by atoms with Crippen LogP contribution in [0.15, 0.2) is 22.4 Å². The lowest BCUT2D eigenvalue weighted by atomic mass is 10.3. The van der Waals surface area contributed by atoms with Crippen molar-refractivity contribution in [1.82, 2.24) is 4.90 Å². The number of carbonyl (C=O) groups excluding carboxylic acids is 2. The van der Waals surface area contributed by atoms with E-state index in [1.807, 2.05) is 23.6 Å². The predicted octanol–water partition coefficient (Wildman–Crippen LogP) is 2.51. The number of nitrogens with zero attached hydrogens (tertiary/aromatic N) is 1. The summed E-state index contributed by atoms with van der Waals surface area (Å²) in [5, 5.41) is 1.95. The first kappa shape index (κ1) is 14.2. The zero-order chi connectivity index (χ0) is 13.8. The molecule has 0 unspecified atom stereocenters. The monoisotopic (exact) mass is 313 g/mol. The Bertz CT molecular complexity index is 536. The number of hydrogen-bond donors (Lipinski definition) is 0. The van der Waals surface area contributed by atoms with Crippen molar-refractivity contribution in [3.8, 4) is 0 Å². The Hall–Kier alpha value is -1.18. The molecule has 1 saturated heterocycles. The Morgan fingerprint density at radius 3 is 3.00 bits per heavy atom. The molecule has 19 heavy (non-hydrogen) atoms. The van der Waals surface area contributed by atoms with Gasteiger partial charge in [0.15, 0.2) is 0 Å². The summed E-state index contributed by atoms with van der Waals surface area (Å²) in [7, 11) is 1.32. The van der Waals surface area contributed by atoms with Gasteiger partial charge < -0.3 is 4.74 Å². The summed E-state index contributed by atoms with van der Waals surface area (Å²) >= 11 is 7.98. The predicted molar refractivity (Wildman–Crippen MR) is 80.8 cm³/mol. The molecule has 2 rings (SSSR count). The van der Waals surface area contributed by atoms with Gasteiger partial charge in [-0.3, -0.25) is 14.5 Å². The number of ether oxygens (including phenoxy) is 1. The maximum Gasteiger partial charge on any atom is 0.307 e. The lowest BCUT2D eigenvalue weighted by molar-refractivity contribution is -0.140. The number of thiocarbonyl (C=S) groups is 1. The molecule has 1 aliphatic rings. The van der Waals surface area contributed by atoms with E-state index in [-0.39, 0.29) is 24.8 Å². The van der Waals surface area contributed by atoms with Crippen LogP contribution in [0.3, 0.4) is 0 Å². The van der Waals surface area contributed by atoms with Gasteiger partial charge in [-0.2, -0.15) is 0 Å². The molecule has 0 saturated carbocycles. The van der Waals surface area contributed by atoms with Gasteiger partial charge in [-0.25, -0.2) is 0 Å². The van der Waals surface area contributed by atoms with Gasteiger partial charge in [0.1, 0.15) is 4.32 Å². The third kappa shape index (κ3) is 3.43. The Labute approximate surface area is 124 Å². The first-order chi connectivity index (χ1) is 9.11. The quantitative estimate of drug-likeness (QED) is 0.485. The average molecular weight is 313 g/mol. The van der Waals surface area contributed by atoms with E-state index in [0.29, 0.717) is 9.23 Å². The van der Waals surface area contributed by atoms with Gasteiger partial charge in [-0.15, -0.1) is 11.3 Å². The van der Waals surface area contributed by atoms with Crippen molar-refractivity contribution in [2.45, 2.75) is 6.42 Å². The zero-order valence-corrected chi connectivity index (χ0v) is 12.6. The molecule has 0 aromatic carbocycles. The summed E-state index contributed by atoms with van der Waals surface area (Å²) in [5.74, 6) is -0.497. The molecular weight excluding hydrogens is 302 g/mol. The highest BCUT2D eigenvalue weighted by molar-refractivity contribution is 8.26. The number of methoxy groups -OCH3 is 1. The lowest BCUT2D eigenvalue weighted by Crippen LogP contribution is -2.30. The molecule has 1 aromatic rings. The van der Waals surface area contributed by atoms with Crippen molar-refractivity contribution in [3.63, 3.8) is 0 Å². The minimum atomic E-state index is -0.351. The molecule has 0 spiro atoms. The van der Waals surface area contributed by atoms with Crippen molar-refractivity contribution < 1.29 is 14.3 Å². The van der Waals surface area contributed by atoms with Crippen LogP contribution in [-0.4, -0.2) is 34.8 Å². The fourth-order valence-electron chi connectivity index (χ4n) is 1.50. The Balaban J connectivity index is 2.06. The number of carbonyl (C=O) groups is 2. The third-order valence-electron chi connectivity index (χ3n) is 2.46. The first-order valence-electron chi connectivity index (χ1n) is 5.47. The van der Waals surface area contributed by atoms with Gasteiger partial charge in [-0.05, 0) is 17.5 Å². The van der Waals surface area contributed by atoms with Crippen LogP contribution in [0.1, 0.15) is 11.3 Å². The van der Waals surface area contributed by atoms with Crippen LogP contribution in [0.4, 0.5) is 0 Å². The van der Waals surface area contributed by atoms with Gasteiger partial charge in [-0.1, -0.05) is 30.0 Å². The van der Waals surface area contributed by atoms with Crippen molar-refractivity contribution in [2.75, 3.05) is 13.7 Å². The summed E-state index contributed by atoms with van der Waals surface area (Å²) in [6.07, 6.45) is 1.97. The summed E-state index contributed by atoms with van der Waals surface area (Å²) < 4.78 is 5.04. The van der Waals surface area contributed by atoms with Crippen molar-refractivity contribution in [3.05, 3.63) is 27.3 Å². The number of hydrogen-bond acceptors (Lipinski definition) is 6. The van der Waals surface area contributed by atoms with Crippen molar-refractivity contribution >= 4 is 57.6 Å². The van der Waals surface area contributed by atoms with Crippen LogP contribution in [0.5, 0.6) is 0 Å². The fraction of sp³-hybridized carbons (Fsp3) is 0.250. The molecule has 100 valence electrons. The normalized spacial score (nSPS) is 17.3. The van der Waals surface area contributed by atoms with E-state index in [9.17, 15) is 9.59 Å². The summed E-state index contributed by atoms with van der Waals surface area (Å²) in [6, 6.07) is 3.86. The minimum absolute atomic E-state index is 0.146. The molecule has 1 fully saturated rings. The number of esters is 1. The van der Waals surface area contributed by atoms with E-state index in [0.717, 1.165) is 4.88 Å². The molecule has 0 radical (unpaired) electrons. The summed E-state index contributed by atoms with van der Waals surface area (Å²) in [5.41, 5.74) is 0. The van der Waals surface area contributed by atoms with Crippen molar-refractivity contribution in [1.29, 1.82) is 0 Å². The number of thioether (sulfide) groups is 1. The summed E-state index contributed by atoms with van der Waals surface area (Å²) in [4.78, 5) is 26.3. The molecule has 2 heterocycles. The molecule has 0 aliphatic carbocycles. The molecule has 0 N–H and O–H groups in total. The van der Waals surface area contributed by atoms with Crippen LogP contribution >= 0.6 is 35.3 Å². The molecule has 4 nitrogen and oxygen atoms in total. The molecule has 1 aliphatic heterocycles. The smallest absolute Gasteiger partial charge is 0.307 e. The van der Waals surface area contributed by atoms with Gasteiger partial charge in [0.2, 0.25) is 0 Å². The van der Waals surface area contributed by atoms with Gasteiger partial charge in [0.25, 0.3) is 5.91 Å². The molecule has 1 amide bonds. The fourth-order valence-corrected chi connectivity index (χ4v) is 3.53. The summed E-state index contributed by atoms with van der Waals surface area (Å²) in [6.45, 7) is 0.263. The highest BCUT2D eigenvalue weighted by Gasteiger charge is 2.32. The van der Waals surface area contributed by atoms with Crippen LogP contribution < -0.4 is 0 Å². The van der Waals surface area contributed by atoms with Gasteiger partial charge in [0, 0.05) is 11.4 Å². The zero-order valence-electron chi connectivity index (χ0n) is 10.1. The van der Waals surface area contributed by atoms with Gasteiger partial charge in [0.05, 0.1) is 18.4 Å². The first-order valence-corrected chi connectivity index (χ1v) is 7.58. The second kappa shape index (κ2) is 6.31. The maximum absolute atomic E-state index is 12.1. The molecule has 0 atom stereocenters. The average Bonchev–Trinajstić information content (AvgIpc) is 2.98. The third-order valence-corrected chi connectivity index (χ3v) is 4.65. The SMILES string of the molecule is COC(=O)CCN1C(=O)/C(=C\c2cccs2)SC1=S. The van der Waals surface area contributed by atoms with Gasteiger partial charge >= 0.3 is 5.97 Å². The van der Waals surface area contributed by atoms with E-state index >= 15 is 0 Å². The number of amides is 1. The van der Waals surface area contributed by atoms with Crippen LogP contribution in [-0.2, 0) is 14.3 Å². The molecular formula is C12H11NO3S3. The minimum Gasteiger partial charge on any atom is -0.469 e. The van der Waals surface area contributed by atoms with E-state index in [1.54, 1.807) is 11.3 Å². The maximum atomic E-state index is 12.1. The largest absolute Gasteiger partial charge is 0.469 e. The molecule has 1 aromatic heterocycles. The molecule has 0 bridgehead atoms. The van der Waals surface area contributed by atoms with Crippen LogP contribution in [0.2, 0.25) is 0 Å². The number of thiophene rings is 1. The second-order valence-corrected chi connectivity index (χ2v) is 6.33.